The van der Waals surface area contributed by atoms with Crippen LogP contribution in [0.5, 0.6) is 0 Å². The number of nitrogens with one attached hydrogen (secondary N) is 3. The summed E-state index contributed by atoms with van der Waals surface area (Å²) in [6.45, 7) is 4.47. The van der Waals surface area contributed by atoms with Crippen molar-refractivity contribution < 1.29 is 9.53 Å². The van der Waals surface area contributed by atoms with Crippen LogP contribution in [0.1, 0.15) is 18.6 Å². The third-order valence-corrected chi connectivity index (χ3v) is 4.44. The summed E-state index contributed by atoms with van der Waals surface area (Å²) >= 11 is 6.24. The number of carbonyl (C=O) groups is 1. The molecule has 0 bridgehead atoms. The van der Waals surface area contributed by atoms with Crippen molar-refractivity contribution in [1.29, 1.82) is 0 Å². The van der Waals surface area contributed by atoms with Crippen molar-refractivity contribution in [3.8, 4) is 0 Å². The van der Waals surface area contributed by atoms with Crippen LogP contribution >= 0.6 is 11.6 Å². The molecule has 2 fully saturated rings. The monoisotopic (exact) mass is 324 g/mol. The quantitative estimate of drug-likeness (QED) is 0.767. The molecule has 2 atom stereocenters. The number of rotatable bonds is 2. The maximum Gasteiger partial charge on any atom is 0.318 e. The van der Waals surface area contributed by atoms with Crippen molar-refractivity contribution in [2.45, 2.75) is 25.1 Å². The van der Waals surface area contributed by atoms with Gasteiger partial charge in [-0.2, -0.15) is 0 Å². The number of morpholine rings is 1. The van der Waals surface area contributed by atoms with Crippen LogP contribution < -0.4 is 16.2 Å². The maximum absolute atomic E-state index is 12.5. The molecule has 2 unspecified atom stereocenters. The van der Waals surface area contributed by atoms with Gasteiger partial charge in [0.25, 0.3) is 0 Å². The number of benzene rings is 1. The molecule has 2 amide bonds. The molecule has 2 aliphatic rings. The van der Waals surface area contributed by atoms with Gasteiger partial charge in [0.05, 0.1) is 25.2 Å². The molecule has 0 aromatic heterocycles. The molecule has 0 aliphatic carbocycles. The van der Waals surface area contributed by atoms with E-state index >= 15 is 0 Å². The Labute approximate surface area is 135 Å². The summed E-state index contributed by atoms with van der Waals surface area (Å²) in [5.74, 6) is 0. The summed E-state index contributed by atoms with van der Waals surface area (Å²) in [5, 5.41) is 3.71. The summed E-state index contributed by atoms with van der Waals surface area (Å²) in [5.41, 5.74) is 6.95. The first kappa shape index (κ1) is 15.6. The van der Waals surface area contributed by atoms with Gasteiger partial charge < -0.3 is 15.0 Å². The normalized spacial score (nSPS) is 26.2. The molecule has 22 heavy (non-hydrogen) atoms. The van der Waals surface area contributed by atoms with E-state index in [0.29, 0.717) is 18.2 Å². The van der Waals surface area contributed by atoms with Gasteiger partial charge in [0.2, 0.25) is 0 Å². The Morgan fingerprint density at radius 2 is 2.09 bits per heavy atom. The van der Waals surface area contributed by atoms with Gasteiger partial charge in [-0.25, -0.2) is 4.79 Å². The third-order valence-electron chi connectivity index (χ3n) is 4.10. The van der Waals surface area contributed by atoms with Crippen LogP contribution in [-0.2, 0) is 4.74 Å². The Balaban J connectivity index is 1.68. The molecule has 3 N–H and O–H groups in total. The zero-order chi connectivity index (χ0) is 15.5. The number of hydrogen-bond acceptors (Lipinski definition) is 4. The number of amides is 2. The minimum absolute atomic E-state index is 0.0426. The number of hydrazine groups is 1. The molecule has 1 aromatic rings. The second-order valence-corrected chi connectivity index (χ2v) is 6.16. The van der Waals surface area contributed by atoms with E-state index in [1.165, 1.54) is 0 Å². The number of ether oxygens (including phenoxy) is 1. The smallest absolute Gasteiger partial charge is 0.318 e. The zero-order valence-electron chi connectivity index (χ0n) is 12.5. The predicted molar refractivity (Wildman–Crippen MR) is 84.6 cm³/mol. The number of hydrogen-bond donors (Lipinski definition) is 3. The van der Waals surface area contributed by atoms with Crippen LogP contribution in [0.2, 0.25) is 5.02 Å². The lowest BCUT2D eigenvalue weighted by Crippen LogP contribution is -2.54. The Morgan fingerprint density at radius 1 is 1.36 bits per heavy atom. The highest BCUT2D eigenvalue weighted by molar-refractivity contribution is 6.31. The average molecular weight is 325 g/mol. The average Bonchev–Trinajstić information content (AvgIpc) is 3.01. The number of carbonyl (C=O) groups excluding carboxylic acids is 1. The summed E-state index contributed by atoms with van der Waals surface area (Å²) in [6.07, 6.45) is -0.185. The first-order chi connectivity index (χ1) is 10.6. The molecule has 120 valence electrons. The van der Waals surface area contributed by atoms with E-state index < -0.39 is 0 Å². The van der Waals surface area contributed by atoms with Crippen LogP contribution in [0.25, 0.3) is 0 Å². The lowest BCUT2D eigenvalue weighted by molar-refractivity contribution is -0.0429. The number of halogens is 1. The Hall–Kier alpha value is -1.34. The van der Waals surface area contributed by atoms with Crippen molar-refractivity contribution in [3.63, 3.8) is 0 Å². The van der Waals surface area contributed by atoms with Gasteiger partial charge in [0, 0.05) is 23.7 Å². The van der Waals surface area contributed by atoms with Crippen molar-refractivity contribution in [1.82, 2.24) is 21.1 Å². The van der Waals surface area contributed by atoms with Gasteiger partial charge in [0.15, 0.2) is 0 Å². The lowest BCUT2D eigenvalue weighted by atomic mass is 10.1. The fraction of sp³-hybridized carbons (Fsp3) is 0.533. The Kier molecular flexibility index (Phi) is 4.83. The second-order valence-electron chi connectivity index (χ2n) is 5.75. The SMILES string of the molecule is CC1COC(c2ccccc2Cl)CN1C(=O)NC1CNNC1. The summed E-state index contributed by atoms with van der Waals surface area (Å²) in [6, 6.07) is 7.72. The highest BCUT2D eigenvalue weighted by Gasteiger charge is 2.32. The van der Waals surface area contributed by atoms with E-state index in [1.807, 2.05) is 36.1 Å². The van der Waals surface area contributed by atoms with Crippen molar-refractivity contribution in [2.24, 2.45) is 0 Å². The van der Waals surface area contributed by atoms with Crippen molar-refractivity contribution in [2.75, 3.05) is 26.2 Å². The molecule has 7 heteroatoms. The summed E-state index contributed by atoms with van der Waals surface area (Å²) in [7, 11) is 0. The summed E-state index contributed by atoms with van der Waals surface area (Å²) in [4.78, 5) is 14.3. The maximum atomic E-state index is 12.5. The second kappa shape index (κ2) is 6.83. The van der Waals surface area contributed by atoms with E-state index in [-0.39, 0.29) is 24.2 Å². The highest BCUT2D eigenvalue weighted by Crippen LogP contribution is 2.29. The predicted octanol–water partition coefficient (Wildman–Crippen LogP) is 1.29. The van der Waals surface area contributed by atoms with E-state index in [1.54, 1.807) is 0 Å². The van der Waals surface area contributed by atoms with Crippen LogP contribution in [0.4, 0.5) is 4.79 Å². The molecular weight excluding hydrogens is 304 g/mol. The minimum Gasteiger partial charge on any atom is -0.369 e. The minimum atomic E-state index is -0.185. The number of nitrogens with zero attached hydrogens (tertiary/aromatic N) is 1. The van der Waals surface area contributed by atoms with E-state index in [2.05, 4.69) is 16.2 Å². The molecular formula is C15H21ClN4O2. The molecule has 6 nitrogen and oxygen atoms in total. The largest absolute Gasteiger partial charge is 0.369 e. The molecule has 2 heterocycles. The van der Waals surface area contributed by atoms with Crippen molar-refractivity contribution >= 4 is 17.6 Å². The Bertz CT molecular complexity index is 536. The van der Waals surface area contributed by atoms with Crippen LogP contribution in [0.15, 0.2) is 24.3 Å². The topological polar surface area (TPSA) is 65.6 Å². The zero-order valence-corrected chi connectivity index (χ0v) is 13.3. The van der Waals surface area contributed by atoms with Crippen LogP contribution in [-0.4, -0.2) is 49.3 Å². The molecule has 2 aliphatic heterocycles. The van der Waals surface area contributed by atoms with Gasteiger partial charge in [0.1, 0.15) is 6.10 Å². The molecule has 0 saturated carbocycles. The van der Waals surface area contributed by atoms with E-state index in [4.69, 9.17) is 16.3 Å². The lowest BCUT2D eigenvalue weighted by Gasteiger charge is -2.38. The van der Waals surface area contributed by atoms with Crippen LogP contribution in [0, 0.1) is 0 Å². The fourth-order valence-electron chi connectivity index (χ4n) is 2.79. The van der Waals surface area contributed by atoms with Gasteiger partial charge >= 0.3 is 6.03 Å². The van der Waals surface area contributed by atoms with Gasteiger partial charge in [-0.1, -0.05) is 29.8 Å². The molecule has 2 saturated heterocycles. The molecule has 3 rings (SSSR count). The summed E-state index contributed by atoms with van der Waals surface area (Å²) < 4.78 is 5.88. The first-order valence-corrected chi connectivity index (χ1v) is 7.92. The van der Waals surface area contributed by atoms with E-state index in [0.717, 1.165) is 18.7 Å². The molecule has 1 aromatic carbocycles. The third kappa shape index (κ3) is 3.35. The van der Waals surface area contributed by atoms with Gasteiger partial charge in [-0.15, -0.1) is 0 Å². The molecule has 0 radical (unpaired) electrons. The fourth-order valence-corrected chi connectivity index (χ4v) is 3.04. The van der Waals surface area contributed by atoms with Gasteiger partial charge in [-0.05, 0) is 13.0 Å². The highest BCUT2D eigenvalue weighted by atomic mass is 35.5. The van der Waals surface area contributed by atoms with Crippen molar-refractivity contribution in [3.05, 3.63) is 34.9 Å². The molecule has 0 spiro atoms. The Morgan fingerprint density at radius 3 is 2.82 bits per heavy atom. The first-order valence-electron chi connectivity index (χ1n) is 7.54. The van der Waals surface area contributed by atoms with Gasteiger partial charge in [-0.3, -0.25) is 10.9 Å². The van der Waals surface area contributed by atoms with E-state index in [9.17, 15) is 4.79 Å². The van der Waals surface area contributed by atoms with Crippen LogP contribution in [0.3, 0.4) is 0 Å². The number of urea groups is 1. The standard InChI is InChI=1S/C15H21ClN4O2/c1-10-9-22-14(12-4-2-3-5-13(12)16)8-20(10)15(21)19-11-6-17-18-7-11/h2-5,10-11,14,17-18H,6-9H2,1H3,(H,19,21).